The number of oxime groups is 1. The fraction of sp³-hybridized carbons (Fsp3) is 0. The van der Waals surface area contributed by atoms with E-state index in [2.05, 4.69) is 10.1 Å². The van der Waals surface area contributed by atoms with Crippen LogP contribution in [0.3, 0.4) is 0 Å². The van der Waals surface area contributed by atoms with E-state index in [1.807, 2.05) is 0 Å². The molecule has 0 fully saturated rings. The van der Waals surface area contributed by atoms with Gasteiger partial charge in [0.1, 0.15) is 0 Å². The smallest absolute Gasteiger partial charge is 0.178 e. The molecule has 58 valence electrons. The van der Waals surface area contributed by atoms with Crippen LogP contribution in [0.1, 0.15) is 5.56 Å². The molecule has 1 aromatic heterocycles. The Hall–Kier alpha value is -1.16. The van der Waals surface area contributed by atoms with Crippen LogP contribution in [-0.4, -0.2) is 15.4 Å². The minimum absolute atomic E-state index is 0.0316. The van der Waals surface area contributed by atoms with Crippen LogP contribution in [0.25, 0.3) is 0 Å². The van der Waals surface area contributed by atoms with Crippen LogP contribution in [0.4, 0.5) is 4.39 Å². The van der Waals surface area contributed by atoms with E-state index in [1.54, 1.807) is 0 Å². The molecule has 0 spiro atoms. The fourth-order valence-electron chi connectivity index (χ4n) is 0.596. The molecule has 0 saturated heterocycles. The first-order chi connectivity index (χ1) is 5.25. The van der Waals surface area contributed by atoms with E-state index in [4.69, 9.17) is 16.8 Å². The van der Waals surface area contributed by atoms with Crippen LogP contribution in [0.15, 0.2) is 23.6 Å². The van der Waals surface area contributed by atoms with Crippen LogP contribution in [0.5, 0.6) is 0 Å². The van der Waals surface area contributed by atoms with Crippen molar-refractivity contribution in [1.29, 1.82) is 0 Å². The first-order valence-corrected chi connectivity index (χ1v) is 3.11. The van der Waals surface area contributed by atoms with Crippen molar-refractivity contribution < 1.29 is 9.60 Å². The van der Waals surface area contributed by atoms with Gasteiger partial charge in [0.05, 0.1) is 11.8 Å². The Labute approximate surface area is 67.1 Å². The monoisotopic (exact) mass is 174 g/mol. The normalized spacial score (nSPS) is 11.6. The molecule has 0 bridgehead atoms. The minimum Gasteiger partial charge on any atom is -0.410 e. The summed E-state index contributed by atoms with van der Waals surface area (Å²) >= 11 is 5.33. The Morgan fingerprint density at radius 2 is 2.45 bits per heavy atom. The molecule has 0 atom stereocenters. The maximum absolute atomic E-state index is 12.7. The highest BCUT2D eigenvalue weighted by Crippen LogP contribution is 2.08. The molecule has 1 heterocycles. The zero-order chi connectivity index (χ0) is 8.27. The van der Waals surface area contributed by atoms with Gasteiger partial charge in [-0.15, -0.1) is 0 Å². The van der Waals surface area contributed by atoms with Crippen molar-refractivity contribution in [2.24, 2.45) is 5.16 Å². The molecule has 1 aromatic rings. The summed E-state index contributed by atoms with van der Waals surface area (Å²) < 4.78 is 12.7. The number of aromatic nitrogens is 1. The SMILES string of the molecule is ON=C(Cl)c1ccncc1F. The van der Waals surface area contributed by atoms with Crippen molar-refractivity contribution in [3.8, 4) is 0 Å². The van der Waals surface area contributed by atoms with Crippen LogP contribution in [0, 0.1) is 5.82 Å². The number of hydrogen-bond donors (Lipinski definition) is 1. The van der Waals surface area contributed by atoms with Crippen molar-refractivity contribution in [3.63, 3.8) is 0 Å². The summed E-state index contributed by atoms with van der Waals surface area (Å²) in [5, 5.41) is 10.5. The first-order valence-electron chi connectivity index (χ1n) is 2.73. The van der Waals surface area contributed by atoms with Gasteiger partial charge in [-0.3, -0.25) is 4.98 Å². The molecular weight excluding hydrogens is 171 g/mol. The third kappa shape index (κ3) is 1.65. The predicted molar refractivity (Wildman–Crippen MR) is 38.4 cm³/mol. The topological polar surface area (TPSA) is 45.5 Å². The summed E-state index contributed by atoms with van der Waals surface area (Å²) in [6, 6.07) is 1.32. The molecule has 3 nitrogen and oxygen atoms in total. The number of nitrogens with zero attached hydrogens (tertiary/aromatic N) is 2. The van der Waals surface area contributed by atoms with Gasteiger partial charge in [-0.2, -0.15) is 0 Å². The molecule has 5 heteroatoms. The van der Waals surface area contributed by atoms with Gasteiger partial charge in [0, 0.05) is 6.20 Å². The maximum atomic E-state index is 12.7. The molecule has 11 heavy (non-hydrogen) atoms. The second-order valence-electron chi connectivity index (χ2n) is 1.75. The lowest BCUT2D eigenvalue weighted by Crippen LogP contribution is -1.95. The van der Waals surface area contributed by atoms with E-state index in [1.165, 1.54) is 12.3 Å². The quantitative estimate of drug-likeness (QED) is 0.399. The molecule has 0 aromatic carbocycles. The van der Waals surface area contributed by atoms with Crippen molar-refractivity contribution in [2.45, 2.75) is 0 Å². The lowest BCUT2D eigenvalue weighted by molar-refractivity contribution is 0.320. The van der Waals surface area contributed by atoms with E-state index in [-0.39, 0.29) is 10.7 Å². The summed E-state index contributed by atoms with van der Waals surface area (Å²) in [5.74, 6) is -0.615. The summed E-state index contributed by atoms with van der Waals surface area (Å²) in [5.41, 5.74) is 0.0316. The third-order valence-corrected chi connectivity index (χ3v) is 1.36. The minimum atomic E-state index is -0.615. The largest absolute Gasteiger partial charge is 0.410 e. The van der Waals surface area contributed by atoms with Crippen molar-refractivity contribution in [1.82, 2.24) is 4.98 Å². The molecule has 0 radical (unpaired) electrons. The second kappa shape index (κ2) is 3.30. The van der Waals surface area contributed by atoms with Gasteiger partial charge in [-0.05, 0) is 6.07 Å². The highest BCUT2D eigenvalue weighted by molar-refractivity contribution is 6.69. The Morgan fingerprint density at radius 3 is 3.00 bits per heavy atom. The van der Waals surface area contributed by atoms with E-state index < -0.39 is 5.82 Å². The highest BCUT2D eigenvalue weighted by Gasteiger charge is 2.05. The van der Waals surface area contributed by atoms with Gasteiger partial charge in [0.25, 0.3) is 0 Å². The Bertz CT molecular complexity index is 290. The van der Waals surface area contributed by atoms with Crippen molar-refractivity contribution in [3.05, 3.63) is 29.8 Å². The summed E-state index contributed by atoms with van der Waals surface area (Å²) in [6.45, 7) is 0. The molecule has 0 aliphatic carbocycles. The average molecular weight is 175 g/mol. The van der Waals surface area contributed by atoms with E-state index in [0.29, 0.717) is 0 Å². The van der Waals surface area contributed by atoms with Crippen LogP contribution in [0.2, 0.25) is 0 Å². The predicted octanol–water partition coefficient (Wildman–Crippen LogP) is 1.60. The molecule has 0 aliphatic heterocycles. The fourth-order valence-corrected chi connectivity index (χ4v) is 0.750. The van der Waals surface area contributed by atoms with Gasteiger partial charge in [-0.1, -0.05) is 16.8 Å². The molecular formula is C6H4ClFN2O. The van der Waals surface area contributed by atoms with Gasteiger partial charge in [0.15, 0.2) is 11.0 Å². The Balaban J connectivity index is 3.14. The molecule has 1 N–H and O–H groups in total. The summed E-state index contributed by atoms with van der Waals surface area (Å²) in [6.07, 6.45) is 2.34. The first kappa shape index (κ1) is 7.94. The van der Waals surface area contributed by atoms with Gasteiger partial charge in [0.2, 0.25) is 0 Å². The second-order valence-corrected chi connectivity index (χ2v) is 2.10. The summed E-state index contributed by atoms with van der Waals surface area (Å²) in [7, 11) is 0. The Morgan fingerprint density at radius 1 is 1.73 bits per heavy atom. The zero-order valence-electron chi connectivity index (χ0n) is 5.33. The van der Waals surface area contributed by atoms with E-state index in [9.17, 15) is 4.39 Å². The van der Waals surface area contributed by atoms with E-state index in [0.717, 1.165) is 6.20 Å². The standard InChI is InChI=1S/C6H4ClFN2O/c7-6(10-11)4-1-2-9-3-5(4)8/h1-3,11H. The molecule has 0 aliphatic rings. The summed E-state index contributed by atoms with van der Waals surface area (Å²) in [4.78, 5) is 3.49. The molecule has 0 amide bonds. The van der Waals surface area contributed by atoms with Gasteiger partial charge in [-0.25, -0.2) is 4.39 Å². The van der Waals surface area contributed by atoms with Crippen LogP contribution >= 0.6 is 11.6 Å². The van der Waals surface area contributed by atoms with Crippen LogP contribution in [-0.2, 0) is 0 Å². The van der Waals surface area contributed by atoms with Crippen LogP contribution < -0.4 is 0 Å². The van der Waals surface area contributed by atoms with Crippen molar-refractivity contribution >= 4 is 16.8 Å². The number of rotatable bonds is 1. The highest BCUT2D eigenvalue weighted by atomic mass is 35.5. The molecule has 1 rings (SSSR count). The number of hydrogen-bond acceptors (Lipinski definition) is 3. The van der Waals surface area contributed by atoms with Gasteiger partial charge >= 0.3 is 0 Å². The molecule has 0 saturated carbocycles. The van der Waals surface area contributed by atoms with Crippen molar-refractivity contribution in [2.75, 3.05) is 0 Å². The maximum Gasteiger partial charge on any atom is 0.178 e. The Kier molecular flexibility index (Phi) is 2.38. The average Bonchev–Trinajstić information content (AvgIpc) is 2.04. The van der Waals surface area contributed by atoms with E-state index >= 15 is 0 Å². The van der Waals surface area contributed by atoms with Gasteiger partial charge < -0.3 is 5.21 Å². The molecule has 0 unspecified atom stereocenters. The lowest BCUT2D eigenvalue weighted by Gasteiger charge is -1.95. The lowest BCUT2D eigenvalue weighted by atomic mass is 10.3. The zero-order valence-corrected chi connectivity index (χ0v) is 6.09. The number of halogens is 2. The number of pyridine rings is 1. The third-order valence-electron chi connectivity index (χ3n) is 1.08.